The second-order valence-electron chi connectivity index (χ2n) is 5.01. The third-order valence-electron chi connectivity index (χ3n) is 3.31. The van der Waals surface area contributed by atoms with Crippen LogP contribution >= 0.6 is 11.6 Å². The topological polar surface area (TPSA) is 73.8 Å². The summed E-state index contributed by atoms with van der Waals surface area (Å²) >= 11 is 6.02. The van der Waals surface area contributed by atoms with Gasteiger partial charge in [0.1, 0.15) is 23.0 Å². The molecule has 0 bridgehead atoms. The van der Waals surface area contributed by atoms with Crippen molar-refractivity contribution in [3.8, 4) is 5.69 Å². The Kier molecular flexibility index (Phi) is 3.83. The number of hydrogen-bond donors (Lipinski definition) is 1. The second kappa shape index (κ2) is 5.68. The summed E-state index contributed by atoms with van der Waals surface area (Å²) in [5.41, 5.74) is 5.17. The van der Waals surface area contributed by atoms with Gasteiger partial charge in [-0.1, -0.05) is 11.6 Å². The van der Waals surface area contributed by atoms with Gasteiger partial charge in [-0.05, 0) is 19.1 Å². The van der Waals surface area contributed by atoms with Crippen molar-refractivity contribution in [2.24, 2.45) is 5.73 Å². The minimum Gasteiger partial charge on any atom is -0.322 e. The van der Waals surface area contributed by atoms with Crippen LogP contribution in [0.25, 0.3) is 16.6 Å². The number of nitrogens with zero attached hydrogens (tertiary/aromatic N) is 3. The first-order valence-electron chi connectivity index (χ1n) is 6.67. The summed E-state index contributed by atoms with van der Waals surface area (Å²) in [7, 11) is 0. The molecule has 0 radical (unpaired) electrons. The lowest BCUT2D eigenvalue weighted by Gasteiger charge is -2.16. The normalized spacial score (nSPS) is 12.6. The molecule has 0 saturated carbocycles. The van der Waals surface area contributed by atoms with Gasteiger partial charge in [-0.15, -0.1) is 0 Å². The van der Waals surface area contributed by atoms with Crippen LogP contribution in [0.1, 0.15) is 18.8 Å². The molecule has 0 aliphatic rings. The molecule has 0 amide bonds. The highest BCUT2D eigenvalue weighted by Crippen LogP contribution is 2.24. The van der Waals surface area contributed by atoms with Crippen LogP contribution in [0.2, 0.25) is 5.02 Å². The van der Waals surface area contributed by atoms with E-state index in [9.17, 15) is 13.6 Å². The molecule has 2 aromatic heterocycles. The molecule has 0 aliphatic heterocycles. The lowest BCUT2D eigenvalue weighted by molar-refractivity contribution is 0.615. The fourth-order valence-electron chi connectivity index (χ4n) is 2.31. The Balaban J connectivity index is 2.50. The van der Waals surface area contributed by atoms with Crippen LogP contribution in [0.15, 0.2) is 35.4 Å². The van der Waals surface area contributed by atoms with Gasteiger partial charge < -0.3 is 5.73 Å². The monoisotopic (exact) mass is 336 g/mol. The van der Waals surface area contributed by atoms with E-state index in [-0.39, 0.29) is 27.4 Å². The molecule has 0 fully saturated rings. The van der Waals surface area contributed by atoms with E-state index >= 15 is 0 Å². The first-order chi connectivity index (χ1) is 10.9. The van der Waals surface area contributed by atoms with E-state index in [2.05, 4.69) is 9.97 Å². The van der Waals surface area contributed by atoms with Crippen LogP contribution in [0.5, 0.6) is 0 Å². The van der Waals surface area contributed by atoms with Gasteiger partial charge in [0.2, 0.25) is 0 Å². The summed E-state index contributed by atoms with van der Waals surface area (Å²) < 4.78 is 28.6. The Morgan fingerprint density at radius 1 is 1.30 bits per heavy atom. The number of rotatable bonds is 2. The maximum Gasteiger partial charge on any atom is 0.267 e. The lowest BCUT2D eigenvalue weighted by atomic mass is 10.2. The summed E-state index contributed by atoms with van der Waals surface area (Å²) in [6.07, 6.45) is 2.29. The molecule has 8 heteroatoms. The van der Waals surface area contributed by atoms with Gasteiger partial charge in [-0.2, -0.15) is 0 Å². The number of aromatic nitrogens is 3. The van der Waals surface area contributed by atoms with Crippen molar-refractivity contribution in [2.75, 3.05) is 0 Å². The SMILES string of the molecule is C[C@H](N)c1nc2c(F)ccc(Cl)c2c(=O)n1-c1cncc(F)c1. The molecular formula is C15H11ClF2N4O. The van der Waals surface area contributed by atoms with Crippen molar-refractivity contribution < 1.29 is 8.78 Å². The Morgan fingerprint density at radius 2 is 2.04 bits per heavy atom. The molecular weight excluding hydrogens is 326 g/mol. The summed E-state index contributed by atoms with van der Waals surface area (Å²) in [5.74, 6) is -1.24. The molecule has 118 valence electrons. The van der Waals surface area contributed by atoms with Crippen molar-refractivity contribution in [1.29, 1.82) is 0 Å². The molecule has 2 heterocycles. The fourth-order valence-corrected chi connectivity index (χ4v) is 2.55. The highest BCUT2D eigenvalue weighted by atomic mass is 35.5. The minimum absolute atomic E-state index is 0.0493. The number of halogens is 3. The quantitative estimate of drug-likeness (QED) is 0.781. The van der Waals surface area contributed by atoms with E-state index in [4.69, 9.17) is 17.3 Å². The van der Waals surface area contributed by atoms with Crippen molar-refractivity contribution in [2.45, 2.75) is 13.0 Å². The van der Waals surface area contributed by atoms with Gasteiger partial charge in [0.15, 0.2) is 0 Å². The van der Waals surface area contributed by atoms with Gasteiger partial charge in [0, 0.05) is 6.07 Å². The molecule has 1 aromatic carbocycles. The van der Waals surface area contributed by atoms with Crippen molar-refractivity contribution in [3.63, 3.8) is 0 Å². The van der Waals surface area contributed by atoms with Crippen LogP contribution in [-0.2, 0) is 0 Å². The molecule has 3 rings (SSSR count). The summed E-state index contributed by atoms with van der Waals surface area (Å²) in [6.45, 7) is 1.58. The van der Waals surface area contributed by atoms with Crippen LogP contribution in [0.4, 0.5) is 8.78 Å². The average Bonchev–Trinajstić information content (AvgIpc) is 2.50. The number of fused-ring (bicyclic) bond motifs is 1. The van der Waals surface area contributed by atoms with Crippen LogP contribution in [0, 0.1) is 11.6 Å². The average molecular weight is 337 g/mol. The predicted molar refractivity (Wildman–Crippen MR) is 82.7 cm³/mol. The van der Waals surface area contributed by atoms with Crippen molar-refractivity contribution in [1.82, 2.24) is 14.5 Å². The van der Waals surface area contributed by atoms with E-state index in [1.165, 1.54) is 12.3 Å². The Morgan fingerprint density at radius 3 is 2.70 bits per heavy atom. The van der Waals surface area contributed by atoms with Gasteiger partial charge >= 0.3 is 0 Å². The van der Waals surface area contributed by atoms with Gasteiger partial charge in [-0.25, -0.2) is 13.8 Å². The van der Waals surface area contributed by atoms with E-state index in [0.717, 1.165) is 22.9 Å². The summed E-state index contributed by atoms with van der Waals surface area (Å²) in [4.78, 5) is 20.6. The number of pyridine rings is 1. The number of nitrogens with two attached hydrogens (primary N) is 1. The smallest absolute Gasteiger partial charge is 0.267 e. The molecule has 3 aromatic rings. The maximum atomic E-state index is 14.0. The second-order valence-corrected chi connectivity index (χ2v) is 5.42. The highest BCUT2D eigenvalue weighted by molar-refractivity contribution is 6.35. The fraction of sp³-hybridized carbons (Fsp3) is 0.133. The highest BCUT2D eigenvalue weighted by Gasteiger charge is 2.19. The standard InChI is InChI=1S/C15H11ClF2N4O/c1-7(19)14-21-13-11(18)3-2-10(16)12(13)15(23)22(14)9-4-8(17)5-20-6-9/h2-7H,19H2,1H3/t7-/m0/s1. The zero-order chi connectivity index (χ0) is 16.7. The lowest BCUT2D eigenvalue weighted by Crippen LogP contribution is -2.28. The molecule has 2 N–H and O–H groups in total. The summed E-state index contributed by atoms with van der Waals surface area (Å²) in [5, 5.41) is -0.0476. The molecule has 0 spiro atoms. The Bertz CT molecular complexity index is 972. The van der Waals surface area contributed by atoms with Crippen molar-refractivity contribution in [3.05, 3.63) is 63.4 Å². The zero-order valence-electron chi connectivity index (χ0n) is 11.9. The van der Waals surface area contributed by atoms with Crippen LogP contribution < -0.4 is 11.3 Å². The number of benzene rings is 1. The van der Waals surface area contributed by atoms with Gasteiger partial charge in [-0.3, -0.25) is 14.3 Å². The Labute approximate surface area is 134 Å². The number of hydrogen-bond acceptors (Lipinski definition) is 4. The predicted octanol–water partition coefficient (Wildman–Crippen LogP) is 2.73. The summed E-state index contributed by atoms with van der Waals surface area (Å²) in [6, 6.07) is 2.80. The minimum atomic E-state index is -0.700. The molecule has 0 aliphatic carbocycles. The Hall–Kier alpha value is -2.38. The van der Waals surface area contributed by atoms with Gasteiger partial charge in [0.05, 0.1) is 34.5 Å². The zero-order valence-corrected chi connectivity index (χ0v) is 12.7. The first-order valence-corrected chi connectivity index (χ1v) is 7.05. The van der Waals surface area contributed by atoms with E-state index in [1.807, 2.05) is 0 Å². The first kappa shape index (κ1) is 15.5. The molecule has 0 saturated heterocycles. The van der Waals surface area contributed by atoms with E-state index in [0.29, 0.717) is 0 Å². The van der Waals surface area contributed by atoms with Crippen molar-refractivity contribution >= 4 is 22.5 Å². The molecule has 1 atom stereocenters. The third kappa shape index (κ3) is 2.58. The molecule has 23 heavy (non-hydrogen) atoms. The van der Waals surface area contributed by atoms with Gasteiger partial charge in [0.25, 0.3) is 5.56 Å². The van der Waals surface area contributed by atoms with E-state index < -0.39 is 23.2 Å². The molecule has 5 nitrogen and oxygen atoms in total. The maximum absolute atomic E-state index is 14.0. The third-order valence-corrected chi connectivity index (χ3v) is 3.62. The molecule has 0 unspecified atom stereocenters. The largest absolute Gasteiger partial charge is 0.322 e. The van der Waals surface area contributed by atoms with Crippen LogP contribution in [-0.4, -0.2) is 14.5 Å². The van der Waals surface area contributed by atoms with E-state index in [1.54, 1.807) is 6.92 Å². The van der Waals surface area contributed by atoms with Crippen LogP contribution in [0.3, 0.4) is 0 Å².